The van der Waals surface area contributed by atoms with Crippen LogP contribution in [0.25, 0.3) is 110 Å². The highest BCUT2D eigenvalue weighted by Gasteiger charge is 2.40. The van der Waals surface area contributed by atoms with Gasteiger partial charge in [-0.15, -0.1) is 0 Å². The van der Waals surface area contributed by atoms with Gasteiger partial charge in [-0.25, -0.2) is 0 Å². The van der Waals surface area contributed by atoms with Gasteiger partial charge in [0.1, 0.15) is 11.2 Å². The average molecular weight is 713 g/mol. The fourth-order valence-corrected chi connectivity index (χ4v) is 10.2. The lowest BCUT2D eigenvalue weighted by atomic mass is 9.79. The summed E-state index contributed by atoms with van der Waals surface area (Å²) in [5, 5.41) is 12.5. The van der Waals surface area contributed by atoms with Gasteiger partial charge >= 0.3 is 0 Å². The Balaban J connectivity index is 1.09. The van der Waals surface area contributed by atoms with E-state index in [0.717, 1.165) is 11.2 Å². The van der Waals surface area contributed by atoms with Gasteiger partial charge in [0.25, 0.3) is 0 Å². The molecule has 0 spiro atoms. The maximum absolute atomic E-state index is 6.77. The van der Waals surface area contributed by atoms with Gasteiger partial charge in [0.15, 0.2) is 0 Å². The van der Waals surface area contributed by atoms with Gasteiger partial charge in [-0.1, -0.05) is 184 Å². The summed E-state index contributed by atoms with van der Waals surface area (Å²) >= 11 is 0. The smallest absolute Gasteiger partial charge is 0.144 e. The maximum Gasteiger partial charge on any atom is 0.144 e. The van der Waals surface area contributed by atoms with Crippen LogP contribution in [-0.4, -0.2) is 0 Å². The zero-order valence-corrected chi connectivity index (χ0v) is 31.2. The summed E-state index contributed by atoms with van der Waals surface area (Å²) in [6, 6.07) is 66.9. The molecule has 12 rings (SSSR count). The minimum Gasteiger partial charge on any atom is -0.455 e. The van der Waals surface area contributed by atoms with Gasteiger partial charge in [-0.05, 0) is 105 Å². The Bertz CT molecular complexity index is 3380. The van der Waals surface area contributed by atoms with E-state index in [1.807, 2.05) is 0 Å². The molecule has 0 bridgehead atoms. The van der Waals surface area contributed by atoms with Crippen molar-refractivity contribution >= 4 is 65.0 Å². The molecule has 1 heteroatoms. The molecule has 0 saturated heterocycles. The first-order valence-electron chi connectivity index (χ1n) is 19.6. The minimum atomic E-state index is -0.235. The first-order valence-corrected chi connectivity index (χ1v) is 19.6. The molecule has 11 aromatic rings. The average Bonchev–Trinajstić information content (AvgIpc) is 3.75. The molecule has 1 aromatic heterocycles. The van der Waals surface area contributed by atoms with Crippen LogP contribution in [0.1, 0.15) is 25.0 Å². The number of furan rings is 1. The minimum absolute atomic E-state index is 0.235. The van der Waals surface area contributed by atoms with E-state index in [2.05, 4.69) is 196 Å². The SMILES string of the molecule is CC1(C)c2cc(-c3ccc(-c4c5ccccc5c(-c5ccccc5)c5ccccc45)c4ccccc34)ccc2-c2c1c1ccccc1c1c2oc2ccccc21. The third-order valence-electron chi connectivity index (χ3n) is 12.6. The predicted octanol–water partition coefficient (Wildman–Crippen LogP) is 15.5. The van der Waals surface area contributed by atoms with Gasteiger partial charge in [0.05, 0.1) is 0 Å². The number of para-hydroxylation sites is 1. The van der Waals surface area contributed by atoms with Crippen molar-refractivity contribution in [1.82, 2.24) is 0 Å². The lowest BCUT2D eigenvalue weighted by molar-refractivity contribution is 0.658. The van der Waals surface area contributed by atoms with Crippen molar-refractivity contribution in [2.45, 2.75) is 19.3 Å². The van der Waals surface area contributed by atoms with E-state index in [1.165, 1.54) is 109 Å². The molecule has 1 aliphatic rings. The van der Waals surface area contributed by atoms with Crippen molar-refractivity contribution in [1.29, 1.82) is 0 Å². The molecule has 10 aromatic carbocycles. The van der Waals surface area contributed by atoms with E-state index >= 15 is 0 Å². The van der Waals surface area contributed by atoms with Crippen LogP contribution < -0.4 is 0 Å². The zero-order chi connectivity index (χ0) is 37.1. The predicted molar refractivity (Wildman–Crippen MR) is 238 cm³/mol. The molecular weight excluding hydrogens is 677 g/mol. The topological polar surface area (TPSA) is 13.1 Å². The van der Waals surface area contributed by atoms with Crippen molar-refractivity contribution in [3.8, 4) is 44.5 Å². The summed E-state index contributed by atoms with van der Waals surface area (Å²) in [6.07, 6.45) is 0. The third-order valence-corrected chi connectivity index (χ3v) is 12.6. The molecule has 1 nitrogen and oxygen atoms in total. The third kappa shape index (κ3) is 4.20. The largest absolute Gasteiger partial charge is 0.455 e. The van der Waals surface area contributed by atoms with Crippen molar-refractivity contribution < 1.29 is 4.42 Å². The Morgan fingerprint density at radius 1 is 0.357 bits per heavy atom. The first kappa shape index (κ1) is 31.4. The summed E-state index contributed by atoms with van der Waals surface area (Å²) in [6.45, 7) is 4.78. The molecule has 56 heavy (non-hydrogen) atoms. The van der Waals surface area contributed by atoms with Gasteiger partial charge in [0.2, 0.25) is 0 Å². The number of hydrogen-bond donors (Lipinski definition) is 0. The molecule has 0 atom stereocenters. The normalized spacial score (nSPS) is 13.3. The number of rotatable bonds is 3. The summed E-state index contributed by atoms with van der Waals surface area (Å²) in [5.74, 6) is 0. The molecule has 0 N–H and O–H groups in total. The summed E-state index contributed by atoms with van der Waals surface area (Å²) in [7, 11) is 0. The van der Waals surface area contributed by atoms with Crippen LogP contribution in [0, 0.1) is 0 Å². The quantitative estimate of drug-likeness (QED) is 0.166. The lowest BCUT2D eigenvalue weighted by Gasteiger charge is -2.24. The van der Waals surface area contributed by atoms with Crippen LogP contribution in [0.2, 0.25) is 0 Å². The monoisotopic (exact) mass is 712 g/mol. The second-order valence-electron chi connectivity index (χ2n) is 15.9. The highest BCUT2D eigenvalue weighted by atomic mass is 16.3. The fraction of sp³-hybridized carbons (Fsp3) is 0.0545. The second kappa shape index (κ2) is 11.5. The van der Waals surface area contributed by atoms with Crippen molar-refractivity contribution in [2.75, 3.05) is 0 Å². The van der Waals surface area contributed by atoms with Crippen molar-refractivity contribution in [2.24, 2.45) is 0 Å². The molecule has 262 valence electrons. The highest BCUT2D eigenvalue weighted by molar-refractivity contribution is 6.26. The standard InChI is InChI=1S/C55H36O/c1-55(2)47-32-34(28-29-45(47)52-53(55)44-25-13-12-24-42(44)51-46-26-14-15-27-48(46)56-54(51)52)35-30-31-43(37-19-7-6-18-36(35)37)50-40-22-10-8-20-38(40)49(33-16-4-3-5-17-33)39-21-9-11-23-41(39)50/h3-32H,1-2H3. The molecule has 0 radical (unpaired) electrons. The highest BCUT2D eigenvalue weighted by Crippen LogP contribution is 2.57. The van der Waals surface area contributed by atoms with Crippen LogP contribution >= 0.6 is 0 Å². The zero-order valence-electron chi connectivity index (χ0n) is 31.2. The van der Waals surface area contributed by atoms with Gasteiger partial charge in [-0.2, -0.15) is 0 Å². The van der Waals surface area contributed by atoms with Gasteiger partial charge in [0, 0.05) is 21.8 Å². The first-order chi connectivity index (χ1) is 27.6. The van der Waals surface area contributed by atoms with E-state index < -0.39 is 0 Å². The summed E-state index contributed by atoms with van der Waals surface area (Å²) < 4.78 is 6.77. The van der Waals surface area contributed by atoms with Crippen LogP contribution in [0.3, 0.4) is 0 Å². The molecule has 1 heterocycles. The van der Waals surface area contributed by atoms with E-state index in [4.69, 9.17) is 4.42 Å². The number of hydrogen-bond acceptors (Lipinski definition) is 1. The van der Waals surface area contributed by atoms with Crippen LogP contribution in [0.4, 0.5) is 0 Å². The lowest BCUT2D eigenvalue weighted by Crippen LogP contribution is -2.15. The number of fused-ring (bicyclic) bond motifs is 13. The molecule has 0 fully saturated rings. The van der Waals surface area contributed by atoms with Crippen LogP contribution in [0.15, 0.2) is 186 Å². The van der Waals surface area contributed by atoms with E-state index in [-0.39, 0.29) is 5.41 Å². The second-order valence-corrected chi connectivity index (χ2v) is 15.9. The van der Waals surface area contributed by atoms with E-state index in [9.17, 15) is 0 Å². The molecule has 1 aliphatic carbocycles. The Kier molecular flexibility index (Phi) is 6.46. The van der Waals surface area contributed by atoms with E-state index in [0.29, 0.717) is 0 Å². The fourth-order valence-electron chi connectivity index (χ4n) is 10.2. The molecular formula is C55H36O. The summed E-state index contributed by atoms with van der Waals surface area (Å²) in [4.78, 5) is 0. The Hall–Kier alpha value is -6.96. The van der Waals surface area contributed by atoms with Crippen LogP contribution in [-0.2, 0) is 5.41 Å². The molecule has 0 aliphatic heterocycles. The number of benzene rings is 10. The Labute approximate surface area is 325 Å². The van der Waals surface area contributed by atoms with Crippen molar-refractivity contribution in [3.05, 3.63) is 193 Å². The van der Waals surface area contributed by atoms with Crippen LogP contribution in [0.5, 0.6) is 0 Å². The molecule has 0 amide bonds. The summed E-state index contributed by atoms with van der Waals surface area (Å²) in [5.41, 5.74) is 14.4. The van der Waals surface area contributed by atoms with Gasteiger partial charge < -0.3 is 4.42 Å². The Morgan fingerprint density at radius 2 is 0.857 bits per heavy atom. The van der Waals surface area contributed by atoms with Gasteiger partial charge in [-0.3, -0.25) is 0 Å². The maximum atomic E-state index is 6.77. The van der Waals surface area contributed by atoms with E-state index in [1.54, 1.807) is 0 Å². The molecule has 0 saturated carbocycles. The Morgan fingerprint density at radius 3 is 1.54 bits per heavy atom. The molecule has 0 unspecified atom stereocenters. The van der Waals surface area contributed by atoms with Crippen molar-refractivity contribution in [3.63, 3.8) is 0 Å².